The van der Waals surface area contributed by atoms with Gasteiger partial charge in [-0.2, -0.15) is 0 Å². The van der Waals surface area contributed by atoms with Crippen molar-refractivity contribution in [2.24, 2.45) is 0 Å². The number of hydrogen-bond donors (Lipinski definition) is 1. The molecule has 6 nitrogen and oxygen atoms in total. The molecular formula is C19H23ClN4O2S. The Hall–Kier alpha value is -1.96. The molecule has 1 fully saturated rings. The highest BCUT2D eigenvalue weighted by Gasteiger charge is 2.28. The van der Waals surface area contributed by atoms with Crippen molar-refractivity contribution < 1.29 is 9.32 Å². The summed E-state index contributed by atoms with van der Waals surface area (Å²) in [6.45, 7) is 10.4. The highest BCUT2D eigenvalue weighted by Crippen LogP contribution is 2.33. The minimum atomic E-state index is 0. The largest absolute Gasteiger partial charge is 0.335 e. The highest BCUT2D eigenvalue weighted by atomic mass is 35.5. The molecule has 0 unspecified atom stereocenters. The molecular weight excluding hydrogens is 384 g/mol. The first-order chi connectivity index (χ1) is 12.5. The van der Waals surface area contributed by atoms with Gasteiger partial charge in [-0.25, -0.2) is 4.98 Å². The average Bonchev–Trinajstić information content (AvgIpc) is 3.16. The number of carbonyl (C=O) groups is 1. The Kier molecular flexibility index (Phi) is 5.55. The maximum Gasteiger partial charge on any atom is 0.259 e. The Balaban J connectivity index is 0.00000210. The topological polar surface area (TPSA) is 71.3 Å². The predicted molar refractivity (Wildman–Crippen MR) is 110 cm³/mol. The van der Waals surface area contributed by atoms with Crippen LogP contribution in [0.5, 0.6) is 0 Å². The van der Waals surface area contributed by atoms with Gasteiger partial charge in [-0.05, 0) is 39.8 Å². The first-order valence-corrected chi connectivity index (χ1v) is 9.63. The number of halogens is 1. The van der Waals surface area contributed by atoms with Crippen LogP contribution in [0, 0.1) is 20.8 Å². The van der Waals surface area contributed by atoms with Gasteiger partial charge in [-0.3, -0.25) is 4.79 Å². The fraction of sp³-hybridized carbons (Fsp3) is 0.421. The number of amides is 1. The van der Waals surface area contributed by atoms with Crippen molar-refractivity contribution in [3.05, 3.63) is 33.1 Å². The standard InChI is InChI=1S/C19H22N4O2S.ClH/c1-10-9-20-5-6-23(10)19(24)15-8-16(14-7-11(2)26-13(14)4)21-18-17(15)12(3)22-25-18;/h7-8,10,20H,5-6,9H2,1-4H3;1H/t10-;/m1./s1. The minimum Gasteiger partial charge on any atom is -0.335 e. The van der Waals surface area contributed by atoms with Crippen molar-refractivity contribution in [2.75, 3.05) is 19.6 Å². The fourth-order valence-corrected chi connectivity index (χ4v) is 4.52. The van der Waals surface area contributed by atoms with Crippen molar-refractivity contribution >= 4 is 40.8 Å². The lowest BCUT2D eigenvalue weighted by Gasteiger charge is -2.34. The zero-order chi connectivity index (χ0) is 18.4. The van der Waals surface area contributed by atoms with E-state index < -0.39 is 0 Å². The van der Waals surface area contributed by atoms with Crippen molar-refractivity contribution in [3.63, 3.8) is 0 Å². The van der Waals surface area contributed by atoms with E-state index in [1.54, 1.807) is 11.3 Å². The van der Waals surface area contributed by atoms with E-state index in [2.05, 4.69) is 42.3 Å². The summed E-state index contributed by atoms with van der Waals surface area (Å²) in [6, 6.07) is 4.16. The molecule has 8 heteroatoms. The molecule has 1 aliphatic rings. The summed E-state index contributed by atoms with van der Waals surface area (Å²) >= 11 is 1.73. The summed E-state index contributed by atoms with van der Waals surface area (Å²) in [4.78, 5) is 22.3. The smallest absolute Gasteiger partial charge is 0.259 e. The molecule has 3 aromatic heterocycles. The minimum absolute atomic E-state index is 0. The number of carbonyl (C=O) groups excluding carboxylic acids is 1. The first-order valence-electron chi connectivity index (χ1n) is 8.82. The number of piperazine rings is 1. The first kappa shape index (κ1) is 19.8. The average molecular weight is 407 g/mol. The molecule has 1 saturated heterocycles. The number of rotatable bonds is 2. The van der Waals surface area contributed by atoms with Crippen LogP contribution < -0.4 is 5.32 Å². The van der Waals surface area contributed by atoms with Gasteiger partial charge < -0.3 is 14.7 Å². The quantitative estimate of drug-likeness (QED) is 0.702. The molecule has 4 rings (SSSR count). The summed E-state index contributed by atoms with van der Waals surface area (Å²) in [5, 5.41) is 8.09. The lowest BCUT2D eigenvalue weighted by atomic mass is 10.0. The molecule has 3 aromatic rings. The SMILES string of the molecule is Cc1cc(-c2cc(C(=O)N3CCNC[C@H]3C)c3c(C)noc3n2)c(C)s1.Cl. The number of fused-ring (bicyclic) bond motifs is 1. The summed E-state index contributed by atoms with van der Waals surface area (Å²) < 4.78 is 5.42. The van der Waals surface area contributed by atoms with Crippen LogP contribution in [0.25, 0.3) is 22.4 Å². The fourth-order valence-electron chi connectivity index (χ4n) is 3.58. The molecule has 1 amide bonds. The molecule has 1 aliphatic heterocycles. The predicted octanol–water partition coefficient (Wildman–Crippen LogP) is 3.73. The van der Waals surface area contributed by atoms with Gasteiger partial charge in [-0.1, -0.05) is 5.16 Å². The van der Waals surface area contributed by atoms with Crippen LogP contribution in [0.4, 0.5) is 0 Å². The second kappa shape index (κ2) is 7.58. The van der Waals surface area contributed by atoms with Crippen LogP contribution in [0.2, 0.25) is 0 Å². The van der Waals surface area contributed by atoms with Crippen LogP contribution in [-0.2, 0) is 0 Å². The Labute approximate surface area is 168 Å². The van der Waals surface area contributed by atoms with Crippen LogP contribution >= 0.6 is 23.7 Å². The van der Waals surface area contributed by atoms with E-state index in [0.717, 1.165) is 24.3 Å². The third-order valence-corrected chi connectivity index (χ3v) is 5.89. The third kappa shape index (κ3) is 3.47. The number of nitrogens with one attached hydrogen (secondary N) is 1. The molecule has 0 radical (unpaired) electrons. The Morgan fingerprint density at radius 3 is 2.78 bits per heavy atom. The van der Waals surface area contributed by atoms with Crippen LogP contribution in [0.3, 0.4) is 0 Å². The van der Waals surface area contributed by atoms with Gasteiger partial charge in [-0.15, -0.1) is 23.7 Å². The van der Waals surface area contributed by atoms with E-state index in [9.17, 15) is 4.79 Å². The summed E-state index contributed by atoms with van der Waals surface area (Å²) in [5.41, 5.74) is 3.56. The summed E-state index contributed by atoms with van der Waals surface area (Å²) in [7, 11) is 0. The van der Waals surface area contributed by atoms with Crippen LogP contribution in [-0.4, -0.2) is 46.6 Å². The number of nitrogens with zero attached hydrogens (tertiary/aromatic N) is 3. The lowest BCUT2D eigenvalue weighted by Crippen LogP contribution is -2.52. The number of thiophene rings is 1. The highest BCUT2D eigenvalue weighted by molar-refractivity contribution is 7.12. The van der Waals surface area contributed by atoms with Gasteiger partial charge in [0.05, 0.1) is 22.3 Å². The van der Waals surface area contributed by atoms with Gasteiger partial charge >= 0.3 is 0 Å². The van der Waals surface area contributed by atoms with E-state index >= 15 is 0 Å². The Morgan fingerprint density at radius 2 is 2.11 bits per heavy atom. The van der Waals surface area contributed by atoms with Crippen LogP contribution in [0.15, 0.2) is 16.7 Å². The molecule has 144 valence electrons. The molecule has 1 N–H and O–H groups in total. The number of aromatic nitrogens is 2. The molecule has 0 bridgehead atoms. The zero-order valence-electron chi connectivity index (χ0n) is 15.8. The normalized spacial score (nSPS) is 17.2. The van der Waals surface area contributed by atoms with E-state index in [1.807, 2.05) is 17.9 Å². The van der Waals surface area contributed by atoms with Crippen LogP contribution in [0.1, 0.15) is 32.7 Å². The van der Waals surface area contributed by atoms with Crippen molar-refractivity contribution in [1.29, 1.82) is 0 Å². The lowest BCUT2D eigenvalue weighted by molar-refractivity contribution is 0.0657. The van der Waals surface area contributed by atoms with E-state index in [1.165, 1.54) is 9.75 Å². The molecule has 0 aromatic carbocycles. The molecule has 1 atom stereocenters. The maximum atomic E-state index is 13.4. The van der Waals surface area contributed by atoms with E-state index in [0.29, 0.717) is 28.9 Å². The Bertz CT molecular complexity index is 997. The van der Waals surface area contributed by atoms with Crippen molar-refractivity contribution in [3.8, 4) is 11.3 Å². The molecule has 0 aliphatic carbocycles. The second-order valence-electron chi connectivity index (χ2n) is 6.88. The van der Waals surface area contributed by atoms with E-state index in [4.69, 9.17) is 4.52 Å². The summed E-state index contributed by atoms with van der Waals surface area (Å²) in [5.74, 6) is 0.0172. The van der Waals surface area contributed by atoms with Gasteiger partial charge in [0.25, 0.3) is 11.6 Å². The monoisotopic (exact) mass is 406 g/mol. The second-order valence-corrected chi connectivity index (χ2v) is 8.34. The van der Waals surface area contributed by atoms with Gasteiger partial charge in [0.15, 0.2) is 0 Å². The molecule has 4 heterocycles. The third-order valence-electron chi connectivity index (χ3n) is 4.93. The maximum absolute atomic E-state index is 13.4. The van der Waals surface area contributed by atoms with Crippen molar-refractivity contribution in [1.82, 2.24) is 20.4 Å². The Morgan fingerprint density at radius 1 is 1.33 bits per heavy atom. The summed E-state index contributed by atoms with van der Waals surface area (Å²) in [6.07, 6.45) is 0. The number of hydrogen-bond acceptors (Lipinski definition) is 6. The number of aryl methyl sites for hydroxylation is 3. The van der Waals surface area contributed by atoms with Crippen molar-refractivity contribution in [2.45, 2.75) is 33.7 Å². The molecule has 0 saturated carbocycles. The van der Waals surface area contributed by atoms with Gasteiger partial charge in [0.2, 0.25) is 0 Å². The van der Waals surface area contributed by atoms with Gasteiger partial charge in [0, 0.05) is 41.0 Å². The number of pyridine rings is 1. The molecule has 27 heavy (non-hydrogen) atoms. The zero-order valence-corrected chi connectivity index (χ0v) is 17.5. The molecule has 0 spiro atoms. The van der Waals surface area contributed by atoms with Gasteiger partial charge in [0.1, 0.15) is 0 Å². The van der Waals surface area contributed by atoms with E-state index in [-0.39, 0.29) is 24.4 Å².